The summed E-state index contributed by atoms with van der Waals surface area (Å²) < 4.78 is 0. The molecule has 94 valence electrons. The predicted molar refractivity (Wildman–Crippen MR) is 75.9 cm³/mol. The maximum atomic E-state index is 4.23. The van der Waals surface area contributed by atoms with E-state index in [4.69, 9.17) is 0 Å². The molecule has 0 aliphatic heterocycles. The number of benzene rings is 1. The highest BCUT2D eigenvalue weighted by Crippen LogP contribution is 2.26. The van der Waals surface area contributed by atoms with Crippen molar-refractivity contribution in [3.05, 3.63) is 65.0 Å². The van der Waals surface area contributed by atoms with Gasteiger partial charge in [-0.25, -0.2) is 0 Å². The molecule has 2 rings (SSSR count). The van der Waals surface area contributed by atoms with Crippen molar-refractivity contribution >= 4 is 0 Å². The number of pyridine rings is 1. The van der Waals surface area contributed by atoms with E-state index in [1.54, 1.807) is 0 Å². The zero-order valence-corrected chi connectivity index (χ0v) is 11.3. The molecule has 0 bridgehead atoms. The summed E-state index contributed by atoms with van der Waals surface area (Å²) in [6.45, 7) is 5.24. The van der Waals surface area contributed by atoms with Gasteiger partial charge in [-0.1, -0.05) is 29.8 Å². The lowest BCUT2D eigenvalue weighted by molar-refractivity contribution is 0.702. The fourth-order valence-electron chi connectivity index (χ4n) is 2.41. The Hall–Kier alpha value is -1.67. The van der Waals surface area contributed by atoms with Crippen LogP contribution in [0, 0.1) is 13.8 Å². The van der Waals surface area contributed by atoms with Gasteiger partial charge in [-0.2, -0.15) is 0 Å². The van der Waals surface area contributed by atoms with Crippen molar-refractivity contribution in [1.29, 1.82) is 0 Å². The first-order valence-corrected chi connectivity index (χ1v) is 6.34. The van der Waals surface area contributed by atoms with Crippen LogP contribution < -0.4 is 5.32 Å². The van der Waals surface area contributed by atoms with Gasteiger partial charge < -0.3 is 5.32 Å². The van der Waals surface area contributed by atoms with Crippen LogP contribution in [-0.2, 0) is 0 Å². The van der Waals surface area contributed by atoms with E-state index >= 15 is 0 Å². The predicted octanol–water partition coefficient (Wildman–Crippen LogP) is 3.05. The lowest BCUT2D eigenvalue weighted by Gasteiger charge is -2.19. The minimum Gasteiger partial charge on any atom is -0.319 e. The number of nitrogens with zero attached hydrogens (tertiary/aromatic N) is 1. The third-order valence-corrected chi connectivity index (χ3v) is 3.30. The van der Waals surface area contributed by atoms with Gasteiger partial charge in [-0.15, -0.1) is 0 Å². The number of rotatable bonds is 4. The average Bonchev–Trinajstić information content (AvgIpc) is 2.38. The summed E-state index contributed by atoms with van der Waals surface area (Å²) >= 11 is 0. The van der Waals surface area contributed by atoms with Gasteiger partial charge in [0.25, 0.3) is 0 Å². The van der Waals surface area contributed by atoms with Crippen LogP contribution in [0.25, 0.3) is 0 Å². The molecule has 0 aliphatic rings. The topological polar surface area (TPSA) is 24.9 Å². The molecule has 0 fully saturated rings. The number of hydrogen-bond acceptors (Lipinski definition) is 2. The van der Waals surface area contributed by atoms with Gasteiger partial charge in [-0.3, -0.25) is 4.98 Å². The Bertz CT molecular complexity index is 506. The zero-order chi connectivity index (χ0) is 13.0. The van der Waals surface area contributed by atoms with Crippen LogP contribution >= 0.6 is 0 Å². The van der Waals surface area contributed by atoms with E-state index in [0.29, 0.717) is 5.92 Å². The number of hydrogen-bond donors (Lipinski definition) is 1. The van der Waals surface area contributed by atoms with Crippen molar-refractivity contribution in [3.63, 3.8) is 0 Å². The Morgan fingerprint density at radius 1 is 1.22 bits per heavy atom. The van der Waals surface area contributed by atoms with E-state index in [1.165, 1.54) is 22.3 Å². The molecular weight excluding hydrogens is 220 g/mol. The molecule has 1 aromatic heterocycles. The summed E-state index contributed by atoms with van der Waals surface area (Å²) in [5.74, 6) is 0.365. The molecule has 1 heterocycles. The third-order valence-electron chi connectivity index (χ3n) is 3.30. The van der Waals surface area contributed by atoms with E-state index in [2.05, 4.69) is 48.4 Å². The van der Waals surface area contributed by atoms with Crippen LogP contribution in [-0.4, -0.2) is 18.6 Å². The molecule has 1 aromatic carbocycles. The molecule has 0 aliphatic carbocycles. The van der Waals surface area contributed by atoms with Crippen molar-refractivity contribution in [1.82, 2.24) is 10.3 Å². The maximum absolute atomic E-state index is 4.23. The summed E-state index contributed by atoms with van der Waals surface area (Å²) in [7, 11) is 1.99. The minimum absolute atomic E-state index is 0.365. The van der Waals surface area contributed by atoms with Crippen LogP contribution in [0.5, 0.6) is 0 Å². The van der Waals surface area contributed by atoms with Gasteiger partial charge in [-0.05, 0) is 43.7 Å². The van der Waals surface area contributed by atoms with Gasteiger partial charge in [0.2, 0.25) is 0 Å². The molecule has 1 unspecified atom stereocenters. The maximum Gasteiger partial charge on any atom is 0.0306 e. The van der Waals surface area contributed by atoms with Gasteiger partial charge in [0.15, 0.2) is 0 Å². The summed E-state index contributed by atoms with van der Waals surface area (Å²) in [5.41, 5.74) is 5.30. The second-order valence-electron chi connectivity index (χ2n) is 4.76. The summed E-state index contributed by atoms with van der Waals surface area (Å²) in [6, 6.07) is 10.8. The molecule has 0 saturated carbocycles. The lowest BCUT2D eigenvalue weighted by Crippen LogP contribution is -2.19. The minimum atomic E-state index is 0.365. The SMILES string of the molecule is CNCC(c1cccnc1)c1ccc(C)cc1C. The molecule has 1 N–H and O–H groups in total. The third kappa shape index (κ3) is 2.77. The van der Waals surface area contributed by atoms with E-state index in [0.717, 1.165) is 6.54 Å². The standard InChI is InChI=1S/C16H20N2/c1-12-6-7-15(13(2)9-12)16(11-17-3)14-5-4-8-18-10-14/h4-10,16-17H,11H2,1-3H3. The van der Waals surface area contributed by atoms with Gasteiger partial charge in [0, 0.05) is 24.9 Å². The van der Waals surface area contributed by atoms with Crippen molar-refractivity contribution in [2.75, 3.05) is 13.6 Å². The van der Waals surface area contributed by atoms with E-state index in [9.17, 15) is 0 Å². The average molecular weight is 240 g/mol. The Morgan fingerprint density at radius 2 is 2.06 bits per heavy atom. The molecule has 0 saturated heterocycles. The lowest BCUT2D eigenvalue weighted by atomic mass is 9.88. The highest BCUT2D eigenvalue weighted by Gasteiger charge is 2.15. The second-order valence-corrected chi connectivity index (χ2v) is 4.76. The normalized spacial score (nSPS) is 12.4. The van der Waals surface area contributed by atoms with Crippen molar-refractivity contribution < 1.29 is 0 Å². The van der Waals surface area contributed by atoms with Crippen molar-refractivity contribution in [2.45, 2.75) is 19.8 Å². The van der Waals surface area contributed by atoms with Crippen LogP contribution in [0.1, 0.15) is 28.2 Å². The largest absolute Gasteiger partial charge is 0.319 e. The zero-order valence-electron chi connectivity index (χ0n) is 11.3. The first-order valence-electron chi connectivity index (χ1n) is 6.34. The number of nitrogens with one attached hydrogen (secondary N) is 1. The van der Waals surface area contributed by atoms with Crippen LogP contribution in [0.15, 0.2) is 42.7 Å². The number of aromatic nitrogens is 1. The fourth-order valence-corrected chi connectivity index (χ4v) is 2.41. The number of aryl methyl sites for hydroxylation is 2. The fraction of sp³-hybridized carbons (Fsp3) is 0.312. The first kappa shape index (κ1) is 12.8. The molecule has 2 heteroatoms. The molecule has 2 nitrogen and oxygen atoms in total. The van der Waals surface area contributed by atoms with E-state index < -0.39 is 0 Å². The molecule has 1 atom stereocenters. The molecule has 2 aromatic rings. The molecule has 0 amide bonds. The summed E-state index contributed by atoms with van der Waals surface area (Å²) in [5, 5.41) is 3.28. The summed E-state index contributed by atoms with van der Waals surface area (Å²) in [6.07, 6.45) is 3.78. The van der Waals surface area contributed by atoms with Crippen LogP contribution in [0.4, 0.5) is 0 Å². The Kier molecular flexibility index (Phi) is 4.11. The molecule has 0 spiro atoms. The molecular formula is C16H20N2. The Labute approximate surface area is 109 Å². The smallest absolute Gasteiger partial charge is 0.0306 e. The molecule has 18 heavy (non-hydrogen) atoms. The Balaban J connectivity index is 2.41. The monoisotopic (exact) mass is 240 g/mol. The van der Waals surface area contributed by atoms with Crippen molar-refractivity contribution in [2.24, 2.45) is 0 Å². The van der Waals surface area contributed by atoms with Gasteiger partial charge >= 0.3 is 0 Å². The van der Waals surface area contributed by atoms with Crippen molar-refractivity contribution in [3.8, 4) is 0 Å². The van der Waals surface area contributed by atoms with Crippen LogP contribution in [0.2, 0.25) is 0 Å². The quantitative estimate of drug-likeness (QED) is 0.888. The van der Waals surface area contributed by atoms with Gasteiger partial charge in [0.1, 0.15) is 0 Å². The highest BCUT2D eigenvalue weighted by molar-refractivity contribution is 5.39. The Morgan fingerprint density at radius 3 is 2.67 bits per heavy atom. The van der Waals surface area contributed by atoms with Gasteiger partial charge in [0.05, 0.1) is 0 Å². The molecule has 0 radical (unpaired) electrons. The van der Waals surface area contributed by atoms with Crippen LogP contribution in [0.3, 0.4) is 0 Å². The van der Waals surface area contributed by atoms with E-state index in [1.807, 2.05) is 25.5 Å². The van der Waals surface area contributed by atoms with E-state index in [-0.39, 0.29) is 0 Å². The summed E-state index contributed by atoms with van der Waals surface area (Å²) in [4.78, 5) is 4.23. The second kappa shape index (κ2) is 5.78. The first-order chi connectivity index (χ1) is 8.72. The highest BCUT2D eigenvalue weighted by atomic mass is 14.8. The number of likely N-dealkylation sites (N-methyl/N-ethyl adjacent to an activating group) is 1.